The molecule has 0 aliphatic carbocycles. The molecule has 25 heavy (non-hydrogen) atoms. The SMILES string of the molecule is COc1ccc([C@@H](c2ccco2)[C@H](O)C(=O)c2ccc(C)cc2)cc1. The summed E-state index contributed by atoms with van der Waals surface area (Å²) in [6.45, 7) is 1.95. The third kappa shape index (κ3) is 3.64. The van der Waals surface area contributed by atoms with E-state index in [2.05, 4.69) is 0 Å². The van der Waals surface area contributed by atoms with Crippen LogP contribution in [0.15, 0.2) is 71.3 Å². The Bertz CT molecular complexity index is 817. The maximum absolute atomic E-state index is 12.8. The summed E-state index contributed by atoms with van der Waals surface area (Å²) in [6.07, 6.45) is 0.289. The zero-order valence-electron chi connectivity index (χ0n) is 14.2. The van der Waals surface area contributed by atoms with Gasteiger partial charge in [0, 0.05) is 5.56 Å². The van der Waals surface area contributed by atoms with Crippen LogP contribution in [0.2, 0.25) is 0 Å². The number of benzene rings is 2. The molecule has 0 amide bonds. The summed E-state index contributed by atoms with van der Waals surface area (Å²) < 4.78 is 10.7. The van der Waals surface area contributed by atoms with Gasteiger partial charge in [-0.3, -0.25) is 4.79 Å². The number of ether oxygens (including phenoxy) is 1. The summed E-state index contributed by atoms with van der Waals surface area (Å²) >= 11 is 0. The molecule has 4 heteroatoms. The number of aryl methyl sites for hydroxylation is 1. The van der Waals surface area contributed by atoms with Crippen molar-refractivity contribution in [2.45, 2.75) is 18.9 Å². The van der Waals surface area contributed by atoms with Crippen LogP contribution in [0.25, 0.3) is 0 Å². The van der Waals surface area contributed by atoms with Crippen molar-refractivity contribution in [3.8, 4) is 5.75 Å². The Morgan fingerprint density at radius 1 is 1.04 bits per heavy atom. The maximum atomic E-state index is 12.8. The molecule has 0 unspecified atom stereocenters. The number of aliphatic hydroxyl groups excluding tert-OH is 1. The molecular weight excluding hydrogens is 316 g/mol. The van der Waals surface area contributed by atoms with Crippen LogP contribution >= 0.6 is 0 Å². The highest BCUT2D eigenvalue weighted by atomic mass is 16.5. The van der Waals surface area contributed by atoms with Crippen molar-refractivity contribution in [3.63, 3.8) is 0 Å². The predicted molar refractivity (Wildman–Crippen MR) is 95.1 cm³/mol. The highest BCUT2D eigenvalue weighted by molar-refractivity contribution is 6.00. The fourth-order valence-electron chi connectivity index (χ4n) is 2.82. The Labute approximate surface area is 146 Å². The van der Waals surface area contributed by atoms with E-state index in [1.54, 1.807) is 43.5 Å². The van der Waals surface area contributed by atoms with E-state index in [0.29, 0.717) is 17.1 Å². The van der Waals surface area contributed by atoms with Crippen molar-refractivity contribution in [1.29, 1.82) is 0 Å². The van der Waals surface area contributed by atoms with Crippen molar-refractivity contribution in [1.82, 2.24) is 0 Å². The molecule has 0 aliphatic heterocycles. The minimum atomic E-state index is -1.25. The predicted octanol–water partition coefficient (Wildman–Crippen LogP) is 3.97. The summed E-state index contributed by atoms with van der Waals surface area (Å²) in [4.78, 5) is 12.8. The topological polar surface area (TPSA) is 59.7 Å². The first-order valence-corrected chi connectivity index (χ1v) is 8.06. The highest BCUT2D eigenvalue weighted by Crippen LogP contribution is 2.31. The van der Waals surface area contributed by atoms with Gasteiger partial charge in [-0.25, -0.2) is 0 Å². The minimum Gasteiger partial charge on any atom is -0.497 e. The van der Waals surface area contributed by atoms with Gasteiger partial charge in [0.15, 0.2) is 5.78 Å². The zero-order valence-corrected chi connectivity index (χ0v) is 14.2. The van der Waals surface area contributed by atoms with Gasteiger partial charge in [-0.1, -0.05) is 42.0 Å². The molecule has 1 heterocycles. The Kier molecular flexibility index (Phi) is 5.00. The third-order valence-corrected chi connectivity index (χ3v) is 4.25. The largest absolute Gasteiger partial charge is 0.497 e. The van der Waals surface area contributed by atoms with Gasteiger partial charge >= 0.3 is 0 Å². The lowest BCUT2D eigenvalue weighted by molar-refractivity contribution is 0.0700. The van der Waals surface area contributed by atoms with Crippen LogP contribution in [0, 0.1) is 6.92 Å². The van der Waals surface area contributed by atoms with Crippen molar-refractivity contribution >= 4 is 5.78 Å². The molecule has 4 nitrogen and oxygen atoms in total. The number of carbonyl (C=O) groups is 1. The summed E-state index contributed by atoms with van der Waals surface area (Å²) in [5.41, 5.74) is 2.32. The lowest BCUT2D eigenvalue weighted by Crippen LogP contribution is -2.28. The molecular formula is C21H20O4. The van der Waals surface area contributed by atoms with Gasteiger partial charge in [0.1, 0.15) is 17.6 Å². The van der Waals surface area contributed by atoms with E-state index in [0.717, 1.165) is 11.1 Å². The monoisotopic (exact) mass is 336 g/mol. The van der Waals surface area contributed by atoms with Crippen LogP contribution in [-0.4, -0.2) is 24.1 Å². The average Bonchev–Trinajstić information content (AvgIpc) is 3.16. The first kappa shape index (κ1) is 17.0. The molecule has 0 saturated carbocycles. The number of hydrogen-bond donors (Lipinski definition) is 1. The van der Waals surface area contributed by atoms with Crippen LogP contribution in [-0.2, 0) is 0 Å². The lowest BCUT2D eigenvalue weighted by Gasteiger charge is -2.21. The molecule has 1 aromatic heterocycles. The molecule has 0 saturated heterocycles. The summed E-state index contributed by atoms with van der Waals surface area (Å²) in [5.74, 6) is 0.325. The van der Waals surface area contributed by atoms with Gasteiger partial charge in [0.05, 0.1) is 19.3 Å². The summed E-state index contributed by atoms with van der Waals surface area (Å²) in [5, 5.41) is 10.8. The molecule has 2 aromatic carbocycles. The summed E-state index contributed by atoms with van der Waals surface area (Å²) in [6, 6.07) is 17.9. The first-order valence-electron chi connectivity index (χ1n) is 8.06. The second kappa shape index (κ2) is 7.36. The van der Waals surface area contributed by atoms with Crippen LogP contribution in [0.1, 0.15) is 33.2 Å². The third-order valence-electron chi connectivity index (χ3n) is 4.25. The van der Waals surface area contributed by atoms with E-state index < -0.39 is 12.0 Å². The fourth-order valence-corrected chi connectivity index (χ4v) is 2.82. The van der Waals surface area contributed by atoms with Gasteiger partial charge in [-0.15, -0.1) is 0 Å². The fraction of sp³-hybridized carbons (Fsp3) is 0.190. The lowest BCUT2D eigenvalue weighted by atomic mass is 9.87. The first-order chi connectivity index (χ1) is 12.1. The number of methoxy groups -OCH3 is 1. The average molecular weight is 336 g/mol. The molecule has 3 rings (SSSR count). The zero-order chi connectivity index (χ0) is 17.8. The van der Waals surface area contributed by atoms with E-state index in [1.807, 2.05) is 31.2 Å². The van der Waals surface area contributed by atoms with E-state index >= 15 is 0 Å². The van der Waals surface area contributed by atoms with Crippen molar-refractivity contribution in [2.75, 3.05) is 7.11 Å². The van der Waals surface area contributed by atoms with Crippen molar-refractivity contribution < 1.29 is 19.1 Å². The van der Waals surface area contributed by atoms with E-state index in [4.69, 9.17) is 9.15 Å². The number of ketones is 1. The Hall–Kier alpha value is -2.85. The van der Waals surface area contributed by atoms with E-state index in [-0.39, 0.29) is 5.78 Å². The maximum Gasteiger partial charge on any atom is 0.192 e. The van der Waals surface area contributed by atoms with Gasteiger partial charge < -0.3 is 14.3 Å². The minimum absolute atomic E-state index is 0.336. The molecule has 0 aliphatic rings. The molecule has 1 N–H and O–H groups in total. The smallest absolute Gasteiger partial charge is 0.192 e. The molecule has 0 radical (unpaired) electrons. The van der Waals surface area contributed by atoms with Gasteiger partial charge in [0.25, 0.3) is 0 Å². The summed E-state index contributed by atoms with van der Waals surface area (Å²) in [7, 11) is 1.59. The van der Waals surface area contributed by atoms with Crippen LogP contribution < -0.4 is 4.74 Å². The molecule has 0 fully saturated rings. The Balaban J connectivity index is 1.96. The molecule has 128 valence electrons. The molecule has 3 aromatic rings. The number of carbonyl (C=O) groups excluding carboxylic acids is 1. The van der Waals surface area contributed by atoms with E-state index in [9.17, 15) is 9.90 Å². The molecule has 2 atom stereocenters. The van der Waals surface area contributed by atoms with Gasteiger partial charge in [-0.2, -0.15) is 0 Å². The number of rotatable bonds is 6. The van der Waals surface area contributed by atoms with Crippen molar-refractivity contribution in [3.05, 3.63) is 89.4 Å². The van der Waals surface area contributed by atoms with Gasteiger partial charge in [0.2, 0.25) is 0 Å². The number of furan rings is 1. The quantitative estimate of drug-likeness (QED) is 0.692. The highest BCUT2D eigenvalue weighted by Gasteiger charge is 2.31. The van der Waals surface area contributed by atoms with Crippen LogP contribution in [0.5, 0.6) is 5.75 Å². The number of aliphatic hydroxyl groups is 1. The second-order valence-corrected chi connectivity index (χ2v) is 5.94. The number of Topliss-reactive ketones (excluding diaryl/α,β-unsaturated/α-hetero) is 1. The molecule has 0 spiro atoms. The molecule has 0 bridgehead atoms. The standard InChI is InChI=1S/C21H20O4/c1-14-5-7-16(8-6-14)20(22)21(23)19(18-4-3-13-25-18)15-9-11-17(24-2)12-10-15/h3-13,19,21,23H,1-2H3/t19-,21-/m0/s1. The number of hydrogen-bond acceptors (Lipinski definition) is 4. The van der Waals surface area contributed by atoms with Gasteiger partial charge in [-0.05, 0) is 36.8 Å². The van der Waals surface area contributed by atoms with Crippen LogP contribution in [0.3, 0.4) is 0 Å². The normalized spacial score (nSPS) is 13.2. The van der Waals surface area contributed by atoms with Crippen LogP contribution in [0.4, 0.5) is 0 Å². The Morgan fingerprint density at radius 2 is 1.72 bits per heavy atom. The Morgan fingerprint density at radius 3 is 2.28 bits per heavy atom. The second-order valence-electron chi connectivity index (χ2n) is 5.94. The van der Waals surface area contributed by atoms with Crippen molar-refractivity contribution in [2.24, 2.45) is 0 Å². The van der Waals surface area contributed by atoms with E-state index in [1.165, 1.54) is 6.26 Å².